The van der Waals surface area contributed by atoms with Gasteiger partial charge in [0.2, 0.25) is 0 Å². The Morgan fingerprint density at radius 2 is 1.89 bits per heavy atom. The average molecular weight is 250 g/mol. The molecule has 1 rings (SSSR count). The summed E-state index contributed by atoms with van der Waals surface area (Å²) in [5.41, 5.74) is 0.0808. The van der Waals surface area contributed by atoms with Crippen LogP contribution >= 0.6 is 0 Å². The van der Waals surface area contributed by atoms with Gasteiger partial charge in [0, 0.05) is 6.08 Å². The molecule has 0 aliphatic heterocycles. The number of esters is 2. The first-order chi connectivity index (χ1) is 8.65. The number of ether oxygens (including phenoxy) is 2. The molecule has 0 saturated carbocycles. The van der Waals surface area contributed by atoms with Gasteiger partial charge in [-0.05, 0) is 19.1 Å². The van der Waals surface area contributed by atoms with Gasteiger partial charge >= 0.3 is 11.9 Å². The van der Waals surface area contributed by atoms with Gasteiger partial charge in [-0.25, -0.2) is 9.59 Å². The van der Waals surface area contributed by atoms with Crippen LogP contribution in [-0.4, -0.2) is 30.3 Å². The van der Waals surface area contributed by atoms with Crippen LogP contribution in [0.3, 0.4) is 0 Å². The first kappa shape index (κ1) is 13.8. The quantitative estimate of drug-likeness (QED) is 0.489. The minimum atomic E-state index is -0.657. The standard InChI is InChI=1S/C13H14O5/c1-2-5-12(15)17-8-9-18-13(16)10-6-3-4-7-11(10)14/h2-7,14H,8-9H2,1H3/b5-2+. The van der Waals surface area contributed by atoms with Gasteiger partial charge in [0.25, 0.3) is 0 Å². The van der Waals surface area contributed by atoms with Crippen LogP contribution in [0.15, 0.2) is 36.4 Å². The predicted octanol–water partition coefficient (Wildman–Crippen LogP) is 1.67. The highest BCUT2D eigenvalue weighted by atomic mass is 16.6. The molecule has 0 unspecified atom stereocenters. The summed E-state index contributed by atoms with van der Waals surface area (Å²) in [6.07, 6.45) is 2.82. The van der Waals surface area contributed by atoms with Crippen molar-refractivity contribution in [2.75, 3.05) is 13.2 Å². The third kappa shape index (κ3) is 4.29. The maximum absolute atomic E-state index is 11.5. The van der Waals surface area contributed by atoms with Crippen molar-refractivity contribution in [2.24, 2.45) is 0 Å². The highest BCUT2D eigenvalue weighted by Crippen LogP contribution is 2.16. The van der Waals surface area contributed by atoms with E-state index in [4.69, 9.17) is 9.47 Å². The van der Waals surface area contributed by atoms with E-state index in [2.05, 4.69) is 0 Å². The van der Waals surface area contributed by atoms with E-state index in [0.717, 1.165) is 0 Å². The molecule has 0 aliphatic rings. The highest BCUT2D eigenvalue weighted by Gasteiger charge is 2.11. The first-order valence-electron chi connectivity index (χ1n) is 5.39. The second-order valence-electron chi connectivity index (χ2n) is 3.32. The first-order valence-corrected chi connectivity index (χ1v) is 5.39. The number of aromatic hydroxyl groups is 1. The second kappa shape index (κ2) is 7.11. The third-order valence-electron chi connectivity index (χ3n) is 1.99. The minimum Gasteiger partial charge on any atom is -0.507 e. The van der Waals surface area contributed by atoms with E-state index in [9.17, 15) is 14.7 Å². The molecule has 0 heterocycles. The Morgan fingerprint density at radius 1 is 1.22 bits per heavy atom. The smallest absolute Gasteiger partial charge is 0.342 e. The zero-order valence-electron chi connectivity index (χ0n) is 9.96. The molecule has 0 atom stereocenters. The zero-order valence-corrected chi connectivity index (χ0v) is 9.96. The molecule has 1 aromatic rings. The van der Waals surface area contributed by atoms with Crippen molar-refractivity contribution in [1.82, 2.24) is 0 Å². The normalized spacial score (nSPS) is 10.3. The van der Waals surface area contributed by atoms with Crippen molar-refractivity contribution in [3.8, 4) is 5.75 Å². The molecule has 0 spiro atoms. The number of hydrogen-bond donors (Lipinski definition) is 1. The molecule has 0 bridgehead atoms. The lowest BCUT2D eigenvalue weighted by Gasteiger charge is -2.06. The molecule has 0 aliphatic carbocycles. The summed E-state index contributed by atoms with van der Waals surface area (Å²) in [5, 5.41) is 9.40. The molecule has 1 N–H and O–H groups in total. The fourth-order valence-electron chi connectivity index (χ4n) is 1.18. The van der Waals surface area contributed by atoms with Gasteiger partial charge < -0.3 is 14.6 Å². The number of hydrogen-bond acceptors (Lipinski definition) is 5. The Labute approximate surface area is 105 Å². The zero-order chi connectivity index (χ0) is 13.4. The van der Waals surface area contributed by atoms with Crippen molar-refractivity contribution in [3.05, 3.63) is 42.0 Å². The van der Waals surface area contributed by atoms with Gasteiger partial charge in [0.05, 0.1) is 0 Å². The molecule has 5 heteroatoms. The number of carbonyl (C=O) groups excluding carboxylic acids is 2. The summed E-state index contributed by atoms with van der Waals surface area (Å²) in [7, 11) is 0. The van der Waals surface area contributed by atoms with Crippen LogP contribution in [0.4, 0.5) is 0 Å². The van der Waals surface area contributed by atoms with E-state index in [1.165, 1.54) is 18.2 Å². The lowest BCUT2D eigenvalue weighted by Crippen LogP contribution is -2.13. The molecule has 18 heavy (non-hydrogen) atoms. The van der Waals surface area contributed by atoms with E-state index in [1.54, 1.807) is 25.1 Å². The lowest BCUT2D eigenvalue weighted by atomic mass is 10.2. The number of phenols is 1. The summed E-state index contributed by atoms with van der Waals surface area (Å²) in [5.74, 6) is -1.29. The molecular formula is C13H14O5. The topological polar surface area (TPSA) is 72.8 Å². The Hall–Kier alpha value is -2.30. The SMILES string of the molecule is C/C=C/C(=O)OCCOC(=O)c1ccccc1O. The fourth-order valence-corrected chi connectivity index (χ4v) is 1.18. The van der Waals surface area contributed by atoms with E-state index >= 15 is 0 Å². The predicted molar refractivity (Wildman–Crippen MR) is 64.2 cm³/mol. The van der Waals surface area contributed by atoms with E-state index in [1.807, 2.05) is 0 Å². The molecule has 0 radical (unpaired) electrons. The lowest BCUT2D eigenvalue weighted by molar-refractivity contribution is -0.138. The van der Waals surface area contributed by atoms with E-state index in [0.29, 0.717) is 0 Å². The highest BCUT2D eigenvalue weighted by molar-refractivity contribution is 5.92. The Balaban J connectivity index is 2.34. The number of para-hydroxylation sites is 1. The van der Waals surface area contributed by atoms with E-state index < -0.39 is 11.9 Å². The summed E-state index contributed by atoms with van der Waals surface area (Å²) < 4.78 is 9.57. The van der Waals surface area contributed by atoms with Gasteiger partial charge in [0.1, 0.15) is 24.5 Å². The van der Waals surface area contributed by atoms with Crippen molar-refractivity contribution >= 4 is 11.9 Å². The largest absolute Gasteiger partial charge is 0.507 e. The second-order valence-corrected chi connectivity index (χ2v) is 3.32. The van der Waals surface area contributed by atoms with Crippen molar-refractivity contribution in [3.63, 3.8) is 0 Å². The van der Waals surface area contributed by atoms with Gasteiger partial charge in [-0.3, -0.25) is 0 Å². The monoisotopic (exact) mass is 250 g/mol. The van der Waals surface area contributed by atoms with Crippen molar-refractivity contribution in [2.45, 2.75) is 6.92 Å². The van der Waals surface area contributed by atoms with Crippen molar-refractivity contribution < 1.29 is 24.2 Å². The number of benzene rings is 1. The molecular weight excluding hydrogens is 236 g/mol. The van der Waals surface area contributed by atoms with Gasteiger partial charge in [-0.1, -0.05) is 18.2 Å². The average Bonchev–Trinajstić information content (AvgIpc) is 2.35. The molecule has 0 fully saturated rings. The number of allylic oxidation sites excluding steroid dienone is 1. The summed E-state index contributed by atoms with van der Waals surface area (Å²) >= 11 is 0. The van der Waals surface area contributed by atoms with Crippen LogP contribution in [0.1, 0.15) is 17.3 Å². The summed E-state index contributed by atoms with van der Waals surface area (Å²) in [6.45, 7) is 1.61. The van der Waals surface area contributed by atoms with Crippen LogP contribution in [-0.2, 0) is 14.3 Å². The third-order valence-corrected chi connectivity index (χ3v) is 1.99. The van der Waals surface area contributed by atoms with Crippen LogP contribution in [0.2, 0.25) is 0 Å². The summed E-state index contributed by atoms with van der Waals surface area (Å²) in [4.78, 5) is 22.4. The van der Waals surface area contributed by atoms with Gasteiger partial charge in [-0.2, -0.15) is 0 Å². The number of rotatable bonds is 5. The molecule has 0 aromatic heterocycles. The van der Waals surface area contributed by atoms with Crippen molar-refractivity contribution in [1.29, 1.82) is 0 Å². The van der Waals surface area contributed by atoms with Gasteiger partial charge in [0.15, 0.2) is 0 Å². The fraction of sp³-hybridized carbons (Fsp3) is 0.231. The van der Waals surface area contributed by atoms with Crippen LogP contribution < -0.4 is 0 Å². The van der Waals surface area contributed by atoms with Crippen LogP contribution in [0.25, 0.3) is 0 Å². The minimum absolute atomic E-state index is 0.0253. The molecule has 0 amide bonds. The molecule has 0 saturated heterocycles. The maximum Gasteiger partial charge on any atom is 0.342 e. The van der Waals surface area contributed by atoms with Gasteiger partial charge in [-0.15, -0.1) is 0 Å². The Bertz CT molecular complexity index is 450. The number of carbonyl (C=O) groups is 2. The molecule has 1 aromatic carbocycles. The van der Waals surface area contributed by atoms with Crippen LogP contribution in [0.5, 0.6) is 5.75 Å². The molecule has 96 valence electrons. The maximum atomic E-state index is 11.5. The Kier molecular flexibility index (Phi) is 5.44. The molecule has 5 nitrogen and oxygen atoms in total. The van der Waals surface area contributed by atoms with E-state index in [-0.39, 0.29) is 24.5 Å². The summed E-state index contributed by atoms with van der Waals surface area (Å²) in [6, 6.07) is 6.06. The Morgan fingerprint density at radius 3 is 2.56 bits per heavy atom. The van der Waals surface area contributed by atoms with Crippen LogP contribution in [0, 0.1) is 0 Å². The number of phenolic OH excluding ortho intramolecular Hbond substituents is 1.